The maximum Gasteiger partial charge on any atom is 0.330 e. The molecule has 0 bridgehead atoms. The van der Waals surface area contributed by atoms with Crippen molar-refractivity contribution in [1.82, 2.24) is 0 Å². The van der Waals surface area contributed by atoms with E-state index in [9.17, 15) is 4.79 Å². The van der Waals surface area contributed by atoms with E-state index in [1.165, 1.54) is 6.08 Å². The minimum Gasteiger partial charge on any atom is -0.496 e. The van der Waals surface area contributed by atoms with Gasteiger partial charge in [-0.05, 0) is 37.5 Å². The molecule has 92 valence electrons. The number of carbonyl (C=O) groups excluding carboxylic acids is 1. The molecule has 0 aliphatic rings. The molecule has 1 aromatic rings. The second kappa shape index (κ2) is 6.74. The molecule has 0 aromatic heterocycles. The second-order valence-corrected chi connectivity index (χ2v) is 3.66. The molecule has 0 amide bonds. The molecule has 1 rings (SSSR count). The van der Waals surface area contributed by atoms with Crippen molar-refractivity contribution in [3.63, 3.8) is 0 Å². The van der Waals surface area contributed by atoms with E-state index in [4.69, 9.17) is 9.47 Å². The third-order valence-corrected chi connectivity index (χ3v) is 2.35. The Labute approximate surface area is 102 Å². The number of esters is 1. The van der Waals surface area contributed by atoms with Crippen molar-refractivity contribution in [1.29, 1.82) is 0 Å². The van der Waals surface area contributed by atoms with Crippen LogP contribution < -0.4 is 4.74 Å². The predicted molar refractivity (Wildman–Crippen MR) is 67.2 cm³/mol. The topological polar surface area (TPSA) is 35.5 Å². The zero-order valence-electron chi connectivity index (χ0n) is 10.5. The second-order valence-electron chi connectivity index (χ2n) is 3.66. The number of benzene rings is 1. The van der Waals surface area contributed by atoms with Gasteiger partial charge in [-0.25, -0.2) is 4.79 Å². The van der Waals surface area contributed by atoms with Gasteiger partial charge < -0.3 is 9.47 Å². The van der Waals surface area contributed by atoms with Crippen molar-refractivity contribution >= 4 is 5.97 Å². The van der Waals surface area contributed by atoms with Crippen molar-refractivity contribution in [3.05, 3.63) is 41.5 Å². The molecule has 0 spiro atoms. The summed E-state index contributed by atoms with van der Waals surface area (Å²) in [5.41, 5.74) is 2.23. The highest BCUT2D eigenvalue weighted by molar-refractivity contribution is 5.81. The molecule has 0 atom stereocenters. The van der Waals surface area contributed by atoms with Gasteiger partial charge in [0.05, 0.1) is 13.7 Å². The lowest BCUT2D eigenvalue weighted by molar-refractivity contribution is -0.137. The van der Waals surface area contributed by atoms with E-state index >= 15 is 0 Å². The molecule has 3 nitrogen and oxygen atoms in total. The smallest absolute Gasteiger partial charge is 0.330 e. The summed E-state index contributed by atoms with van der Waals surface area (Å²) in [4.78, 5) is 11.1. The Kier molecular flexibility index (Phi) is 5.27. The number of rotatable bonds is 5. The van der Waals surface area contributed by atoms with E-state index in [2.05, 4.69) is 0 Å². The van der Waals surface area contributed by atoms with Gasteiger partial charge >= 0.3 is 5.97 Å². The van der Waals surface area contributed by atoms with E-state index in [0.29, 0.717) is 13.0 Å². The Bertz CT molecular complexity index is 408. The number of carbonyl (C=O) groups is 1. The maximum atomic E-state index is 11.1. The molecule has 1 aromatic carbocycles. The minimum absolute atomic E-state index is 0.294. The van der Waals surface area contributed by atoms with Gasteiger partial charge in [-0.3, -0.25) is 0 Å². The zero-order valence-corrected chi connectivity index (χ0v) is 10.5. The quantitative estimate of drug-likeness (QED) is 0.580. The summed E-state index contributed by atoms with van der Waals surface area (Å²) in [6.07, 6.45) is 3.98. The van der Waals surface area contributed by atoms with E-state index in [0.717, 1.165) is 16.9 Å². The molecular weight excluding hydrogens is 216 g/mol. The van der Waals surface area contributed by atoms with Crippen LogP contribution in [-0.2, 0) is 16.0 Å². The largest absolute Gasteiger partial charge is 0.496 e. The molecule has 0 fully saturated rings. The highest BCUT2D eigenvalue weighted by Gasteiger charge is 1.99. The van der Waals surface area contributed by atoms with Gasteiger partial charge in [0.2, 0.25) is 0 Å². The first-order valence-electron chi connectivity index (χ1n) is 5.64. The summed E-state index contributed by atoms with van der Waals surface area (Å²) in [5.74, 6) is 0.584. The molecule has 0 saturated heterocycles. The van der Waals surface area contributed by atoms with Crippen molar-refractivity contribution in [2.24, 2.45) is 0 Å². The van der Waals surface area contributed by atoms with E-state index < -0.39 is 0 Å². The molecule has 0 radical (unpaired) electrons. The van der Waals surface area contributed by atoms with Crippen LogP contribution in [0.3, 0.4) is 0 Å². The lowest BCUT2D eigenvalue weighted by Gasteiger charge is -2.05. The fraction of sp³-hybridized carbons (Fsp3) is 0.357. The van der Waals surface area contributed by atoms with Crippen LogP contribution in [0.4, 0.5) is 0 Å². The van der Waals surface area contributed by atoms with Crippen LogP contribution >= 0.6 is 0 Å². The number of allylic oxidation sites excluding steroid dienone is 1. The SMILES string of the molecule is CCOC(=O)C=CCc1ccc(OC)c(C)c1. The normalized spacial score (nSPS) is 10.5. The average molecular weight is 234 g/mol. The summed E-state index contributed by atoms with van der Waals surface area (Å²) in [6, 6.07) is 5.97. The number of aryl methyl sites for hydroxylation is 1. The van der Waals surface area contributed by atoms with Gasteiger partial charge in [-0.1, -0.05) is 18.2 Å². The van der Waals surface area contributed by atoms with Crippen molar-refractivity contribution in [2.45, 2.75) is 20.3 Å². The lowest BCUT2D eigenvalue weighted by atomic mass is 10.1. The highest BCUT2D eigenvalue weighted by atomic mass is 16.5. The summed E-state index contributed by atoms with van der Waals surface area (Å²) >= 11 is 0. The predicted octanol–water partition coefficient (Wildman–Crippen LogP) is 2.67. The number of ether oxygens (including phenoxy) is 2. The Morgan fingerprint density at radius 3 is 2.76 bits per heavy atom. The Balaban J connectivity index is 2.58. The maximum absolute atomic E-state index is 11.1. The van der Waals surface area contributed by atoms with Crippen LogP contribution in [-0.4, -0.2) is 19.7 Å². The average Bonchev–Trinajstić information content (AvgIpc) is 2.29. The van der Waals surface area contributed by atoms with Crippen LogP contribution in [0.25, 0.3) is 0 Å². The van der Waals surface area contributed by atoms with Gasteiger partial charge in [0.15, 0.2) is 0 Å². The van der Waals surface area contributed by atoms with Gasteiger partial charge in [0.25, 0.3) is 0 Å². The first-order valence-corrected chi connectivity index (χ1v) is 5.64. The summed E-state index contributed by atoms with van der Waals surface area (Å²) < 4.78 is 9.98. The molecule has 0 aliphatic carbocycles. The van der Waals surface area contributed by atoms with Crippen molar-refractivity contribution in [2.75, 3.05) is 13.7 Å². The Morgan fingerprint density at radius 2 is 2.18 bits per heavy atom. The van der Waals surface area contributed by atoms with Gasteiger partial charge in [0, 0.05) is 6.08 Å². The molecule has 17 heavy (non-hydrogen) atoms. The van der Waals surface area contributed by atoms with Crippen molar-refractivity contribution < 1.29 is 14.3 Å². The third-order valence-electron chi connectivity index (χ3n) is 2.35. The molecule has 0 saturated carbocycles. The first kappa shape index (κ1) is 13.3. The minimum atomic E-state index is -0.294. The fourth-order valence-corrected chi connectivity index (χ4v) is 1.55. The van der Waals surface area contributed by atoms with Gasteiger partial charge in [0.1, 0.15) is 5.75 Å². The zero-order chi connectivity index (χ0) is 12.7. The first-order chi connectivity index (χ1) is 8.17. The van der Waals surface area contributed by atoms with Crippen molar-refractivity contribution in [3.8, 4) is 5.75 Å². The molecular formula is C14H18O3. The summed E-state index contributed by atoms with van der Waals surface area (Å²) in [6.45, 7) is 4.20. The molecule has 0 aliphatic heterocycles. The van der Waals surface area contributed by atoms with Gasteiger partial charge in [-0.2, -0.15) is 0 Å². The van der Waals surface area contributed by atoms with Crippen LogP contribution in [0.15, 0.2) is 30.4 Å². The van der Waals surface area contributed by atoms with Gasteiger partial charge in [-0.15, -0.1) is 0 Å². The number of methoxy groups -OCH3 is 1. The summed E-state index contributed by atoms with van der Waals surface area (Å²) in [5, 5.41) is 0. The lowest BCUT2D eigenvalue weighted by Crippen LogP contribution is -1.99. The molecule has 0 heterocycles. The Hall–Kier alpha value is -1.77. The van der Waals surface area contributed by atoms with E-state index in [1.807, 2.05) is 25.1 Å². The highest BCUT2D eigenvalue weighted by Crippen LogP contribution is 2.18. The monoisotopic (exact) mass is 234 g/mol. The summed E-state index contributed by atoms with van der Waals surface area (Å²) in [7, 11) is 1.66. The van der Waals surface area contributed by atoms with Crippen LogP contribution in [0.1, 0.15) is 18.1 Å². The molecule has 0 N–H and O–H groups in total. The van der Waals surface area contributed by atoms with E-state index in [1.54, 1.807) is 20.1 Å². The molecule has 3 heteroatoms. The number of hydrogen-bond acceptors (Lipinski definition) is 3. The number of hydrogen-bond donors (Lipinski definition) is 0. The van der Waals surface area contributed by atoms with Crippen LogP contribution in [0.2, 0.25) is 0 Å². The van der Waals surface area contributed by atoms with E-state index in [-0.39, 0.29) is 5.97 Å². The fourth-order valence-electron chi connectivity index (χ4n) is 1.55. The van der Waals surface area contributed by atoms with Crippen LogP contribution in [0.5, 0.6) is 5.75 Å². The Morgan fingerprint density at radius 1 is 1.41 bits per heavy atom. The molecule has 0 unspecified atom stereocenters. The van der Waals surface area contributed by atoms with Crippen LogP contribution in [0, 0.1) is 6.92 Å². The third kappa shape index (κ3) is 4.31. The standard InChI is InChI=1S/C14H18O3/c1-4-17-14(15)7-5-6-12-8-9-13(16-3)11(2)10-12/h5,7-10H,4,6H2,1-3H3.